The van der Waals surface area contributed by atoms with Crippen molar-refractivity contribution in [3.05, 3.63) is 71.7 Å². The van der Waals surface area contributed by atoms with Crippen molar-refractivity contribution in [3.63, 3.8) is 0 Å². The van der Waals surface area contributed by atoms with E-state index in [1.54, 1.807) is 22.7 Å². The molecule has 0 aliphatic rings. The van der Waals surface area contributed by atoms with Gasteiger partial charge in [0.15, 0.2) is 0 Å². The van der Waals surface area contributed by atoms with Crippen LogP contribution in [0.1, 0.15) is 34.1 Å². The molecule has 2 aromatic carbocycles. The Morgan fingerprint density at radius 3 is 1.32 bits per heavy atom. The first-order valence-corrected chi connectivity index (χ1v) is 15.4. The van der Waals surface area contributed by atoms with Crippen LogP contribution in [0.25, 0.3) is 0 Å². The van der Waals surface area contributed by atoms with Crippen LogP contribution in [0.5, 0.6) is 0 Å². The maximum absolute atomic E-state index is 4.43. The van der Waals surface area contributed by atoms with Crippen LogP contribution in [0, 0.1) is 0 Å². The van der Waals surface area contributed by atoms with Crippen molar-refractivity contribution in [2.75, 3.05) is 36.0 Å². The Morgan fingerprint density at radius 2 is 0.976 bits per heavy atom. The van der Waals surface area contributed by atoms with E-state index in [0.717, 1.165) is 67.3 Å². The number of aromatic nitrogens is 2. The average Bonchev–Trinajstić information content (AvgIpc) is 3.65. The molecule has 0 saturated heterocycles. The Labute approximate surface area is 272 Å². The molecule has 0 unspecified atom stereocenters. The molecule has 0 N–H and O–H groups in total. The number of aryl methyl sites for hydroxylation is 2. The standard InChI is InChI=1S/C29H38N8S2.2BrH/c1-5-34(26-14-10-24(11-15-26)30-32-28-36(7-3)20-22-38-28)18-9-19-35(6-2)27-16-12-25(13-17-27)31-33-29-37(8-4)21-23-39-29;;/h10-17,20-23H,5-9,18-19H2,1-4H3;2*1H/q+2;;/p-2. The third-order valence-corrected chi connectivity index (χ3v) is 8.12. The van der Waals surface area contributed by atoms with Gasteiger partial charge >= 0.3 is 10.3 Å². The van der Waals surface area contributed by atoms with Gasteiger partial charge in [-0.15, -0.1) is 0 Å². The largest absolute Gasteiger partial charge is 1.00 e. The van der Waals surface area contributed by atoms with Gasteiger partial charge in [0, 0.05) is 48.3 Å². The van der Waals surface area contributed by atoms with E-state index in [9.17, 15) is 0 Å². The second kappa shape index (κ2) is 18.1. The minimum atomic E-state index is 0. The zero-order valence-electron chi connectivity index (χ0n) is 24.0. The molecule has 0 amide bonds. The smallest absolute Gasteiger partial charge is 0.408 e. The predicted molar refractivity (Wildman–Crippen MR) is 162 cm³/mol. The summed E-state index contributed by atoms with van der Waals surface area (Å²) in [6.45, 7) is 14.3. The van der Waals surface area contributed by atoms with Crippen LogP contribution in [0.4, 0.5) is 33.0 Å². The number of hydrogen-bond donors (Lipinski definition) is 0. The molecular formula is C29H38Br2N8S2. The molecule has 0 saturated carbocycles. The molecule has 0 aliphatic carbocycles. The summed E-state index contributed by atoms with van der Waals surface area (Å²) in [7, 11) is 0. The van der Waals surface area contributed by atoms with Crippen molar-refractivity contribution >= 4 is 55.7 Å². The quantitative estimate of drug-likeness (QED) is 0.148. The first kappa shape index (κ1) is 34.7. The fourth-order valence-electron chi connectivity index (χ4n) is 4.29. The molecule has 0 radical (unpaired) electrons. The van der Waals surface area contributed by atoms with E-state index in [4.69, 9.17) is 0 Å². The van der Waals surface area contributed by atoms with Gasteiger partial charge in [-0.25, -0.2) is 9.13 Å². The average molecular weight is 723 g/mol. The lowest BCUT2D eigenvalue weighted by Gasteiger charge is -2.27. The lowest BCUT2D eigenvalue weighted by Crippen LogP contribution is -3.00. The van der Waals surface area contributed by atoms with Crippen molar-refractivity contribution in [1.82, 2.24) is 0 Å². The van der Waals surface area contributed by atoms with Gasteiger partial charge in [-0.1, -0.05) is 0 Å². The van der Waals surface area contributed by atoms with Gasteiger partial charge in [-0.05, 0) is 116 Å². The first-order valence-electron chi connectivity index (χ1n) is 13.6. The molecule has 12 heteroatoms. The van der Waals surface area contributed by atoms with Gasteiger partial charge in [0.25, 0.3) is 0 Å². The lowest BCUT2D eigenvalue weighted by molar-refractivity contribution is -0.677. The molecule has 2 heterocycles. The number of nitrogens with zero attached hydrogens (tertiary/aromatic N) is 8. The molecule has 4 aromatic rings. The fourth-order valence-corrected chi connectivity index (χ4v) is 5.77. The summed E-state index contributed by atoms with van der Waals surface area (Å²) < 4.78 is 4.18. The van der Waals surface area contributed by atoms with E-state index < -0.39 is 0 Å². The molecule has 41 heavy (non-hydrogen) atoms. The van der Waals surface area contributed by atoms with E-state index >= 15 is 0 Å². The highest BCUT2D eigenvalue weighted by Gasteiger charge is 2.12. The SMILES string of the molecule is CCN(CCCN(CC)c1ccc(N=Nc2scc[n+]2CC)cc1)c1ccc(N=Nc2scc[n+]2CC)cc1.[Br-].[Br-]. The van der Waals surface area contributed by atoms with Gasteiger partial charge in [0.05, 0.1) is 23.3 Å². The molecule has 8 nitrogen and oxygen atoms in total. The van der Waals surface area contributed by atoms with Crippen molar-refractivity contribution in [1.29, 1.82) is 0 Å². The Hall–Kier alpha value is -2.54. The third kappa shape index (κ3) is 9.76. The normalized spacial score (nSPS) is 11.0. The molecule has 220 valence electrons. The summed E-state index contributed by atoms with van der Waals surface area (Å²) in [6.07, 6.45) is 5.14. The van der Waals surface area contributed by atoms with Crippen LogP contribution < -0.4 is 52.9 Å². The Bertz CT molecular complexity index is 1250. The summed E-state index contributed by atoms with van der Waals surface area (Å²) in [4.78, 5) is 4.82. The molecule has 0 aliphatic heterocycles. The second-order valence-electron chi connectivity index (χ2n) is 8.89. The van der Waals surface area contributed by atoms with E-state index in [0.29, 0.717) is 0 Å². The molecule has 2 aromatic heterocycles. The number of halogens is 2. The maximum Gasteiger partial charge on any atom is 0.408 e. The molecule has 0 fully saturated rings. The fraction of sp³-hybridized carbons (Fsp3) is 0.379. The van der Waals surface area contributed by atoms with Crippen molar-refractivity contribution < 1.29 is 43.1 Å². The highest BCUT2D eigenvalue weighted by atomic mass is 79.9. The molecule has 4 rings (SSSR count). The predicted octanol–water partition coefficient (Wildman–Crippen LogP) is 2.01. The van der Waals surface area contributed by atoms with Gasteiger partial charge in [-0.3, -0.25) is 0 Å². The molecule has 0 spiro atoms. The highest BCUT2D eigenvalue weighted by molar-refractivity contribution is 7.13. The highest BCUT2D eigenvalue weighted by Crippen LogP contribution is 2.25. The van der Waals surface area contributed by atoms with Crippen LogP contribution in [0.2, 0.25) is 0 Å². The Balaban J connectivity index is 0.00000294. The molecular weight excluding hydrogens is 684 g/mol. The number of anilines is 2. The van der Waals surface area contributed by atoms with Crippen LogP contribution >= 0.6 is 22.7 Å². The lowest BCUT2D eigenvalue weighted by atomic mass is 10.2. The summed E-state index contributed by atoms with van der Waals surface area (Å²) in [5.74, 6) is 0. The molecule has 0 bridgehead atoms. The minimum absolute atomic E-state index is 0. The summed E-state index contributed by atoms with van der Waals surface area (Å²) in [5.41, 5.74) is 4.16. The monoisotopic (exact) mass is 720 g/mol. The number of rotatable bonds is 14. The number of azo groups is 2. The summed E-state index contributed by atoms with van der Waals surface area (Å²) in [6, 6.07) is 16.7. The number of thiazole rings is 2. The number of hydrogen-bond acceptors (Lipinski definition) is 8. The first-order chi connectivity index (χ1) is 19.1. The van der Waals surface area contributed by atoms with Crippen LogP contribution in [0.15, 0.2) is 92.1 Å². The maximum atomic E-state index is 4.43. The van der Waals surface area contributed by atoms with Gasteiger partial charge < -0.3 is 43.8 Å². The van der Waals surface area contributed by atoms with E-state index in [-0.39, 0.29) is 34.0 Å². The summed E-state index contributed by atoms with van der Waals surface area (Å²) in [5, 5.41) is 23.6. The minimum Gasteiger partial charge on any atom is -1.00 e. The van der Waals surface area contributed by atoms with Crippen molar-refractivity contribution in [3.8, 4) is 0 Å². The van der Waals surface area contributed by atoms with Crippen molar-refractivity contribution in [2.24, 2.45) is 20.5 Å². The van der Waals surface area contributed by atoms with Crippen LogP contribution in [-0.4, -0.2) is 26.2 Å². The van der Waals surface area contributed by atoms with Crippen molar-refractivity contribution in [2.45, 2.75) is 47.2 Å². The zero-order valence-corrected chi connectivity index (χ0v) is 28.8. The van der Waals surface area contributed by atoms with Crippen LogP contribution in [0.3, 0.4) is 0 Å². The van der Waals surface area contributed by atoms with E-state index in [2.05, 4.69) is 91.4 Å². The summed E-state index contributed by atoms with van der Waals surface area (Å²) >= 11 is 3.20. The van der Waals surface area contributed by atoms with Crippen LogP contribution in [-0.2, 0) is 13.1 Å². The second-order valence-corrected chi connectivity index (χ2v) is 10.6. The Morgan fingerprint density at radius 1 is 0.585 bits per heavy atom. The van der Waals surface area contributed by atoms with Gasteiger partial charge in [0.2, 0.25) is 0 Å². The Kier molecular flexibility index (Phi) is 15.3. The van der Waals surface area contributed by atoms with Gasteiger partial charge in [-0.2, -0.15) is 0 Å². The van der Waals surface area contributed by atoms with Gasteiger partial charge in [0.1, 0.15) is 23.8 Å². The zero-order chi connectivity index (χ0) is 27.5. The number of benzene rings is 2. The molecule has 0 atom stereocenters. The third-order valence-electron chi connectivity index (χ3n) is 6.55. The van der Waals surface area contributed by atoms with E-state index in [1.807, 2.05) is 47.4 Å². The van der Waals surface area contributed by atoms with E-state index in [1.165, 1.54) is 11.4 Å². The topological polar surface area (TPSA) is 63.7 Å².